The third-order valence-corrected chi connectivity index (χ3v) is 12.0. The van der Waals surface area contributed by atoms with Crippen molar-refractivity contribution in [3.63, 3.8) is 0 Å². The Morgan fingerprint density at radius 2 is 0.770 bits per heavy atom. The van der Waals surface area contributed by atoms with Gasteiger partial charge in [0.05, 0.1) is 40.3 Å². The summed E-state index contributed by atoms with van der Waals surface area (Å²) in [4.78, 5) is 37.2. The van der Waals surface area contributed by atoms with E-state index in [-0.39, 0.29) is 38.6 Å². The minimum atomic E-state index is -1.63. The molecule has 0 bridgehead atoms. The first-order valence-electron chi connectivity index (χ1n) is 29.2. The van der Waals surface area contributed by atoms with E-state index in [1.807, 2.05) is 21.1 Å². The number of ether oxygens (including phenoxy) is 4. The normalized spacial score (nSPS) is 13.7. The maximum atomic E-state index is 12.8. The van der Waals surface area contributed by atoms with Crippen LogP contribution in [0.3, 0.4) is 0 Å². The lowest BCUT2D eigenvalue weighted by molar-refractivity contribution is -0.870. The quantitative estimate of drug-likeness (QED) is 0.0195. The number of hydrogen-bond donors (Lipinski definition) is 0. The van der Waals surface area contributed by atoms with Crippen molar-refractivity contribution in [3.05, 3.63) is 122 Å². The summed E-state index contributed by atoms with van der Waals surface area (Å²) in [6, 6.07) is 0. The number of nitrogens with zero attached hydrogens (tertiary/aromatic N) is 1. The molecule has 0 aliphatic rings. The van der Waals surface area contributed by atoms with Crippen molar-refractivity contribution in [2.24, 2.45) is 0 Å². The van der Waals surface area contributed by atoms with E-state index in [9.17, 15) is 19.5 Å². The molecule has 74 heavy (non-hydrogen) atoms. The molecular weight excluding hydrogens is 923 g/mol. The maximum Gasteiger partial charge on any atom is 0.306 e. The second-order valence-corrected chi connectivity index (χ2v) is 20.2. The summed E-state index contributed by atoms with van der Waals surface area (Å²) in [5, 5.41) is 11.7. The van der Waals surface area contributed by atoms with Crippen molar-refractivity contribution in [2.75, 3.05) is 47.5 Å². The fraction of sp³-hybridized carbons (Fsp3) is 0.646. The molecule has 2 atom stereocenters. The molecule has 0 amide bonds. The van der Waals surface area contributed by atoms with Gasteiger partial charge < -0.3 is 33.3 Å². The number of likely N-dealkylation sites (N-methyl/N-ethyl adjacent to an activating group) is 1. The first-order chi connectivity index (χ1) is 36.1. The third kappa shape index (κ3) is 55.4. The molecule has 0 aliphatic carbocycles. The van der Waals surface area contributed by atoms with Crippen LogP contribution in [-0.2, 0) is 33.3 Å². The topological polar surface area (TPSA) is 111 Å². The van der Waals surface area contributed by atoms with E-state index >= 15 is 0 Å². The number of esters is 2. The molecule has 0 saturated heterocycles. The number of quaternary nitrogens is 1. The molecule has 0 N–H and O–H groups in total. The average Bonchev–Trinajstić information content (AvgIpc) is 3.37. The van der Waals surface area contributed by atoms with Crippen LogP contribution in [0.4, 0.5) is 0 Å². The van der Waals surface area contributed by atoms with Gasteiger partial charge in [0.25, 0.3) is 0 Å². The molecule has 0 aromatic carbocycles. The lowest BCUT2D eigenvalue weighted by Crippen LogP contribution is -2.44. The van der Waals surface area contributed by atoms with Gasteiger partial charge in [0.1, 0.15) is 13.2 Å². The van der Waals surface area contributed by atoms with Gasteiger partial charge in [-0.05, 0) is 89.9 Å². The minimum Gasteiger partial charge on any atom is -0.545 e. The maximum absolute atomic E-state index is 12.8. The van der Waals surface area contributed by atoms with Gasteiger partial charge in [-0.25, -0.2) is 0 Å². The van der Waals surface area contributed by atoms with Gasteiger partial charge in [-0.1, -0.05) is 232 Å². The molecule has 2 unspecified atom stereocenters. The first-order valence-corrected chi connectivity index (χ1v) is 29.2. The lowest BCUT2D eigenvalue weighted by Gasteiger charge is -2.26. The molecule has 0 aromatic heterocycles. The highest BCUT2D eigenvalue weighted by atomic mass is 16.7. The summed E-state index contributed by atoms with van der Waals surface area (Å²) in [5.74, 6) is -2.31. The predicted octanol–water partition coefficient (Wildman–Crippen LogP) is 16.0. The number of carbonyl (C=O) groups is 3. The van der Waals surface area contributed by atoms with Gasteiger partial charge in [-0.3, -0.25) is 9.59 Å². The Kier molecular flexibility index (Phi) is 51.7. The van der Waals surface area contributed by atoms with Crippen LogP contribution in [0.25, 0.3) is 0 Å². The third-order valence-electron chi connectivity index (χ3n) is 12.0. The monoisotopic (exact) mass is 1030 g/mol. The SMILES string of the molecule is CC/C=C\C/C=C\C/C=C\C/C=C\C/C=C\C/C=C\C/C=C\C/C=C\C/C=C\C/C=C\CCCCCCCCC(=O)OC(COC(=O)CCCCCCCCCCCCCC)COC(OCC[N+](C)(C)C)C(=O)[O-]. The number of rotatable bonds is 52. The van der Waals surface area contributed by atoms with Crippen LogP contribution in [0.2, 0.25) is 0 Å². The number of allylic oxidation sites excluding steroid dienone is 20. The van der Waals surface area contributed by atoms with Crippen LogP contribution in [-0.4, -0.2) is 82.3 Å². The summed E-state index contributed by atoms with van der Waals surface area (Å²) >= 11 is 0. The summed E-state index contributed by atoms with van der Waals surface area (Å²) in [6.45, 7) is 4.59. The molecule has 9 nitrogen and oxygen atoms in total. The Hall–Kier alpha value is -4.31. The fourth-order valence-electron chi connectivity index (χ4n) is 7.50. The standard InChI is InChI=1S/C65H107NO8/c1-6-8-10-12-14-16-18-20-21-22-23-24-25-26-27-28-29-30-31-32-33-34-35-36-37-38-39-40-41-42-43-44-46-48-50-52-54-56-63(68)74-61(60-73-65(64(69)70)71-58-57-66(3,4)5)59-72-62(67)55-53-51-49-47-45-19-17-15-13-11-9-7-2/h8,10,14,16,20-21,23-24,26-27,29-30,32-33,35-36,38-39,41-42,61,65H,6-7,9,11-13,15,17-19,22,25,28,31,34,37,40,43-60H2,1-5H3/b10-8-,16-14-,21-20-,24-23-,27-26-,30-29-,33-32-,36-35-,39-38-,42-41-. The Bertz CT molecular complexity index is 1620. The van der Waals surface area contributed by atoms with Gasteiger partial charge >= 0.3 is 11.9 Å². The van der Waals surface area contributed by atoms with E-state index in [0.29, 0.717) is 17.4 Å². The molecule has 0 aromatic rings. The van der Waals surface area contributed by atoms with Crippen molar-refractivity contribution >= 4 is 17.9 Å². The van der Waals surface area contributed by atoms with Crippen LogP contribution < -0.4 is 5.11 Å². The molecule has 0 aliphatic heterocycles. The molecule has 420 valence electrons. The van der Waals surface area contributed by atoms with E-state index < -0.39 is 24.3 Å². The van der Waals surface area contributed by atoms with Crippen LogP contribution in [0.1, 0.15) is 213 Å². The van der Waals surface area contributed by atoms with Gasteiger partial charge in [0.2, 0.25) is 0 Å². The Labute approximate surface area is 453 Å². The summed E-state index contributed by atoms with van der Waals surface area (Å²) < 4.78 is 22.6. The number of carboxylic acids is 1. The predicted molar refractivity (Wildman–Crippen MR) is 310 cm³/mol. The van der Waals surface area contributed by atoms with Gasteiger partial charge in [0, 0.05) is 12.8 Å². The van der Waals surface area contributed by atoms with E-state index in [0.717, 1.165) is 122 Å². The molecule has 0 saturated carbocycles. The largest absolute Gasteiger partial charge is 0.545 e. The van der Waals surface area contributed by atoms with Crippen molar-refractivity contribution in [3.8, 4) is 0 Å². The first kappa shape index (κ1) is 69.7. The van der Waals surface area contributed by atoms with E-state index in [1.54, 1.807) is 0 Å². The van der Waals surface area contributed by atoms with Gasteiger partial charge in [-0.2, -0.15) is 0 Å². The van der Waals surface area contributed by atoms with E-state index in [2.05, 4.69) is 135 Å². The second kappa shape index (κ2) is 54.9. The van der Waals surface area contributed by atoms with Crippen molar-refractivity contribution in [2.45, 2.75) is 225 Å². The molecule has 0 radical (unpaired) electrons. The van der Waals surface area contributed by atoms with Crippen molar-refractivity contribution in [1.29, 1.82) is 0 Å². The number of aliphatic carboxylic acids is 1. The Balaban J connectivity index is 4.22. The van der Waals surface area contributed by atoms with Crippen LogP contribution in [0.5, 0.6) is 0 Å². The summed E-state index contributed by atoms with van der Waals surface area (Å²) in [5.41, 5.74) is 0. The number of carboxylic acid groups (broad SMARTS) is 1. The fourth-order valence-corrected chi connectivity index (χ4v) is 7.50. The molecule has 0 fully saturated rings. The van der Waals surface area contributed by atoms with Crippen LogP contribution in [0.15, 0.2) is 122 Å². The van der Waals surface area contributed by atoms with E-state index in [1.165, 1.54) is 57.8 Å². The average molecular weight is 1030 g/mol. The molecule has 0 spiro atoms. The number of hydrogen-bond acceptors (Lipinski definition) is 8. The summed E-state index contributed by atoms with van der Waals surface area (Å²) in [6.07, 6.45) is 74.0. The lowest BCUT2D eigenvalue weighted by atomic mass is 10.0. The zero-order valence-electron chi connectivity index (χ0n) is 47.7. The zero-order valence-corrected chi connectivity index (χ0v) is 47.7. The zero-order chi connectivity index (χ0) is 54.1. The van der Waals surface area contributed by atoms with Gasteiger partial charge in [-0.15, -0.1) is 0 Å². The highest BCUT2D eigenvalue weighted by molar-refractivity contribution is 5.70. The van der Waals surface area contributed by atoms with Gasteiger partial charge in [0.15, 0.2) is 12.4 Å². The molecule has 0 rings (SSSR count). The van der Waals surface area contributed by atoms with Crippen molar-refractivity contribution in [1.82, 2.24) is 0 Å². The molecular formula is C65H107NO8. The summed E-state index contributed by atoms with van der Waals surface area (Å²) in [7, 11) is 5.90. The number of unbranched alkanes of at least 4 members (excludes halogenated alkanes) is 17. The highest BCUT2D eigenvalue weighted by Crippen LogP contribution is 2.14. The molecule has 0 heterocycles. The van der Waals surface area contributed by atoms with Crippen LogP contribution in [0, 0.1) is 0 Å². The Morgan fingerprint density at radius 1 is 0.419 bits per heavy atom. The minimum absolute atomic E-state index is 0.140. The van der Waals surface area contributed by atoms with Crippen LogP contribution >= 0.6 is 0 Å². The molecule has 9 heteroatoms. The second-order valence-electron chi connectivity index (χ2n) is 20.2. The van der Waals surface area contributed by atoms with E-state index in [4.69, 9.17) is 18.9 Å². The Morgan fingerprint density at radius 3 is 1.15 bits per heavy atom. The van der Waals surface area contributed by atoms with Crippen molar-refractivity contribution < 1.29 is 42.9 Å². The highest BCUT2D eigenvalue weighted by Gasteiger charge is 2.22. The smallest absolute Gasteiger partial charge is 0.306 e. The number of carbonyl (C=O) groups excluding carboxylic acids is 3.